The van der Waals surface area contributed by atoms with Crippen molar-refractivity contribution in [1.29, 1.82) is 0 Å². The molecular weight excluding hydrogens is 278 g/mol. The number of benzene rings is 2. The summed E-state index contributed by atoms with van der Waals surface area (Å²) in [5.41, 5.74) is 0. The summed E-state index contributed by atoms with van der Waals surface area (Å²) in [5.74, 6) is 0.983. The van der Waals surface area contributed by atoms with Gasteiger partial charge in [0.15, 0.2) is 0 Å². The van der Waals surface area contributed by atoms with E-state index in [1.165, 1.54) is 16.2 Å². The molecule has 0 amide bonds. The van der Waals surface area contributed by atoms with Crippen LogP contribution in [0.4, 0.5) is 0 Å². The zero-order valence-corrected chi connectivity index (χ0v) is 13.6. The highest BCUT2D eigenvalue weighted by Crippen LogP contribution is 2.34. The number of nitrogens with zero attached hydrogens (tertiary/aromatic N) is 1. The van der Waals surface area contributed by atoms with Gasteiger partial charge in [-0.2, -0.15) is 0 Å². The van der Waals surface area contributed by atoms with Crippen LogP contribution in [0.25, 0.3) is 0 Å². The molecule has 0 aromatic heterocycles. The largest absolute Gasteiger partial charge is 0.492 e. The van der Waals surface area contributed by atoms with Crippen LogP contribution < -0.4 is 4.74 Å². The lowest BCUT2D eigenvalue weighted by atomic mass is 10.3. The quantitative estimate of drug-likeness (QED) is 0.663. The Morgan fingerprint density at radius 3 is 2.38 bits per heavy atom. The molecule has 2 nitrogen and oxygen atoms in total. The predicted molar refractivity (Wildman–Crippen MR) is 90.3 cm³/mol. The summed E-state index contributed by atoms with van der Waals surface area (Å²) < 4.78 is 5.95. The van der Waals surface area contributed by atoms with Crippen molar-refractivity contribution in [2.24, 2.45) is 0 Å². The average molecular weight is 301 g/mol. The van der Waals surface area contributed by atoms with Gasteiger partial charge in [0.2, 0.25) is 0 Å². The summed E-state index contributed by atoms with van der Waals surface area (Å²) in [6.07, 6.45) is 2.25. The highest BCUT2D eigenvalue weighted by atomic mass is 32.2. The van der Waals surface area contributed by atoms with E-state index in [0.717, 1.165) is 25.3 Å². The maximum absolute atomic E-state index is 5.95. The van der Waals surface area contributed by atoms with Crippen molar-refractivity contribution < 1.29 is 4.74 Å². The number of hydrogen-bond donors (Lipinski definition) is 0. The molecule has 0 N–H and O–H groups in total. The molecule has 2 aromatic rings. The van der Waals surface area contributed by atoms with E-state index in [4.69, 9.17) is 4.74 Å². The summed E-state index contributed by atoms with van der Waals surface area (Å²) >= 11 is 1.75. The molecule has 3 heteroatoms. The van der Waals surface area contributed by atoms with Crippen LogP contribution in [0, 0.1) is 0 Å². The Labute approximate surface area is 132 Å². The molecule has 0 spiro atoms. The van der Waals surface area contributed by atoms with Crippen LogP contribution in [-0.2, 0) is 0 Å². The average Bonchev–Trinajstić information content (AvgIpc) is 2.49. The first-order valence-electron chi connectivity index (χ1n) is 7.35. The monoisotopic (exact) mass is 301 g/mol. The summed E-state index contributed by atoms with van der Waals surface area (Å²) in [7, 11) is 4.21. The molecule has 0 saturated carbocycles. The molecule has 0 aliphatic rings. The van der Waals surface area contributed by atoms with E-state index in [1.54, 1.807) is 11.8 Å². The molecule has 0 radical (unpaired) electrons. The van der Waals surface area contributed by atoms with Gasteiger partial charge in [0.05, 0.1) is 11.5 Å². The number of hydrogen-bond acceptors (Lipinski definition) is 3. The van der Waals surface area contributed by atoms with Gasteiger partial charge >= 0.3 is 0 Å². The van der Waals surface area contributed by atoms with E-state index in [2.05, 4.69) is 61.5 Å². The fraction of sp³-hybridized carbons (Fsp3) is 0.333. The summed E-state index contributed by atoms with van der Waals surface area (Å²) in [4.78, 5) is 4.62. The number of unbranched alkanes of at least 4 members (excludes halogenated alkanes) is 1. The molecule has 112 valence electrons. The normalized spacial score (nSPS) is 10.8. The molecule has 0 aliphatic carbocycles. The van der Waals surface area contributed by atoms with Crippen molar-refractivity contribution in [2.75, 3.05) is 27.2 Å². The van der Waals surface area contributed by atoms with Crippen molar-refractivity contribution >= 4 is 11.8 Å². The van der Waals surface area contributed by atoms with Crippen molar-refractivity contribution in [3.05, 3.63) is 54.6 Å². The van der Waals surface area contributed by atoms with Crippen molar-refractivity contribution in [1.82, 2.24) is 4.90 Å². The van der Waals surface area contributed by atoms with Crippen molar-refractivity contribution in [2.45, 2.75) is 22.6 Å². The Kier molecular flexibility index (Phi) is 6.64. The number of ether oxygens (including phenoxy) is 1. The molecule has 0 fully saturated rings. The van der Waals surface area contributed by atoms with Gasteiger partial charge in [-0.25, -0.2) is 0 Å². The molecule has 2 aromatic carbocycles. The summed E-state index contributed by atoms with van der Waals surface area (Å²) in [6, 6.07) is 18.7. The third kappa shape index (κ3) is 5.82. The summed E-state index contributed by atoms with van der Waals surface area (Å²) in [5, 5.41) is 0. The zero-order valence-electron chi connectivity index (χ0n) is 12.8. The van der Waals surface area contributed by atoms with Crippen LogP contribution in [0.2, 0.25) is 0 Å². The minimum absolute atomic E-state index is 0.778. The molecule has 0 heterocycles. The van der Waals surface area contributed by atoms with Crippen LogP contribution >= 0.6 is 11.8 Å². The molecule has 0 aliphatic heterocycles. The Balaban J connectivity index is 1.88. The topological polar surface area (TPSA) is 12.5 Å². The van der Waals surface area contributed by atoms with Gasteiger partial charge in [0.25, 0.3) is 0 Å². The highest BCUT2D eigenvalue weighted by Gasteiger charge is 2.04. The maximum Gasteiger partial charge on any atom is 0.133 e. The Morgan fingerprint density at radius 2 is 1.62 bits per heavy atom. The Morgan fingerprint density at radius 1 is 0.905 bits per heavy atom. The van der Waals surface area contributed by atoms with Crippen molar-refractivity contribution in [3.63, 3.8) is 0 Å². The lowest BCUT2D eigenvalue weighted by Gasteiger charge is -2.12. The molecule has 2 rings (SSSR count). The van der Waals surface area contributed by atoms with E-state index in [-0.39, 0.29) is 0 Å². The standard InChI is InChI=1S/C18H23NOS/c1-19(2)14-8-9-15-20-17-12-6-7-13-18(17)21-16-10-4-3-5-11-16/h3-7,10-13H,8-9,14-15H2,1-2H3. The van der Waals surface area contributed by atoms with Gasteiger partial charge in [-0.05, 0) is 57.7 Å². The third-order valence-corrected chi connectivity index (χ3v) is 4.14. The highest BCUT2D eigenvalue weighted by molar-refractivity contribution is 7.99. The second-order valence-corrected chi connectivity index (χ2v) is 6.34. The molecule has 0 unspecified atom stereocenters. The number of rotatable bonds is 8. The molecule has 0 saturated heterocycles. The Hall–Kier alpha value is -1.45. The summed E-state index contributed by atoms with van der Waals surface area (Å²) in [6.45, 7) is 1.89. The van der Waals surface area contributed by atoms with Crippen LogP contribution in [-0.4, -0.2) is 32.1 Å². The first-order valence-corrected chi connectivity index (χ1v) is 8.17. The van der Waals surface area contributed by atoms with E-state index in [0.29, 0.717) is 0 Å². The maximum atomic E-state index is 5.95. The smallest absolute Gasteiger partial charge is 0.133 e. The van der Waals surface area contributed by atoms with E-state index in [9.17, 15) is 0 Å². The van der Waals surface area contributed by atoms with E-state index in [1.807, 2.05) is 12.1 Å². The zero-order chi connectivity index (χ0) is 14.9. The first kappa shape index (κ1) is 15.9. The van der Waals surface area contributed by atoms with Gasteiger partial charge in [-0.1, -0.05) is 42.1 Å². The second kappa shape index (κ2) is 8.75. The lowest BCUT2D eigenvalue weighted by molar-refractivity contribution is 0.287. The van der Waals surface area contributed by atoms with E-state index < -0.39 is 0 Å². The fourth-order valence-electron chi connectivity index (χ4n) is 1.98. The molecular formula is C18H23NOS. The number of para-hydroxylation sites is 1. The predicted octanol–water partition coefficient (Wildman–Crippen LogP) is 4.56. The van der Waals surface area contributed by atoms with Crippen LogP contribution in [0.5, 0.6) is 5.75 Å². The Bertz CT molecular complexity index is 528. The van der Waals surface area contributed by atoms with Crippen LogP contribution in [0.1, 0.15) is 12.8 Å². The SMILES string of the molecule is CN(C)CCCCOc1ccccc1Sc1ccccc1. The van der Waals surface area contributed by atoms with Gasteiger partial charge in [0, 0.05) is 4.90 Å². The van der Waals surface area contributed by atoms with E-state index >= 15 is 0 Å². The minimum Gasteiger partial charge on any atom is -0.492 e. The fourth-order valence-corrected chi connectivity index (χ4v) is 2.90. The lowest BCUT2D eigenvalue weighted by Crippen LogP contribution is -2.13. The van der Waals surface area contributed by atoms with Crippen LogP contribution in [0.3, 0.4) is 0 Å². The van der Waals surface area contributed by atoms with Gasteiger partial charge < -0.3 is 9.64 Å². The molecule has 0 atom stereocenters. The van der Waals surface area contributed by atoms with Crippen molar-refractivity contribution in [3.8, 4) is 5.75 Å². The minimum atomic E-state index is 0.778. The first-order chi connectivity index (χ1) is 10.3. The third-order valence-electron chi connectivity index (χ3n) is 3.08. The van der Waals surface area contributed by atoms with Gasteiger partial charge in [-0.15, -0.1) is 0 Å². The second-order valence-electron chi connectivity index (χ2n) is 5.22. The molecule has 0 bridgehead atoms. The molecule has 21 heavy (non-hydrogen) atoms. The van der Waals surface area contributed by atoms with Gasteiger partial charge in [0.1, 0.15) is 5.75 Å². The van der Waals surface area contributed by atoms with Gasteiger partial charge in [-0.3, -0.25) is 0 Å². The van der Waals surface area contributed by atoms with Crippen LogP contribution in [0.15, 0.2) is 64.4 Å².